The summed E-state index contributed by atoms with van der Waals surface area (Å²) in [5, 5.41) is 9.86. The molecule has 1 saturated heterocycles. The maximum atomic E-state index is 12.5. The van der Waals surface area contributed by atoms with Gasteiger partial charge in [0, 0.05) is 24.4 Å². The molecule has 1 amide bonds. The van der Waals surface area contributed by atoms with E-state index in [0.717, 1.165) is 38.1 Å². The lowest BCUT2D eigenvalue weighted by atomic mass is 9.70. The first-order valence-electron chi connectivity index (χ1n) is 10.3. The van der Waals surface area contributed by atoms with Crippen LogP contribution in [0.3, 0.4) is 0 Å². The van der Waals surface area contributed by atoms with Gasteiger partial charge in [0.1, 0.15) is 5.75 Å². The monoisotopic (exact) mass is 371 g/mol. The normalized spacial score (nSPS) is 32.1. The van der Waals surface area contributed by atoms with Crippen LogP contribution in [0.2, 0.25) is 0 Å². The van der Waals surface area contributed by atoms with E-state index < -0.39 is 5.60 Å². The molecule has 1 atom stereocenters. The summed E-state index contributed by atoms with van der Waals surface area (Å²) < 4.78 is 6.24. The molecule has 0 aromatic heterocycles. The number of aliphatic hydroxyl groups is 1. The zero-order valence-electron chi connectivity index (χ0n) is 17.1. The Hall–Kier alpha value is -1.55. The molecule has 27 heavy (non-hydrogen) atoms. The van der Waals surface area contributed by atoms with E-state index in [4.69, 9.17) is 4.74 Å². The Labute approximate surface area is 162 Å². The number of rotatable bonds is 3. The van der Waals surface area contributed by atoms with Gasteiger partial charge in [-0.2, -0.15) is 0 Å². The van der Waals surface area contributed by atoms with Crippen LogP contribution in [0, 0.1) is 11.3 Å². The van der Waals surface area contributed by atoms with Gasteiger partial charge in [0.05, 0.1) is 11.7 Å². The summed E-state index contributed by atoms with van der Waals surface area (Å²) in [5.74, 6) is 1.23. The topological polar surface area (TPSA) is 49.8 Å². The van der Waals surface area contributed by atoms with Gasteiger partial charge >= 0.3 is 0 Å². The summed E-state index contributed by atoms with van der Waals surface area (Å²) in [7, 11) is 0. The van der Waals surface area contributed by atoms with Crippen LogP contribution in [0.1, 0.15) is 65.4 Å². The quantitative estimate of drug-likeness (QED) is 0.876. The molecular formula is C23H33NO3. The van der Waals surface area contributed by atoms with Gasteiger partial charge in [0.25, 0.3) is 0 Å². The Bertz CT molecular complexity index is 702. The van der Waals surface area contributed by atoms with Crippen molar-refractivity contribution in [2.24, 2.45) is 11.3 Å². The summed E-state index contributed by atoms with van der Waals surface area (Å²) >= 11 is 0. The van der Waals surface area contributed by atoms with Crippen LogP contribution >= 0.6 is 0 Å². The molecule has 4 heteroatoms. The second-order valence-electron chi connectivity index (χ2n) is 10.6. The molecule has 2 aliphatic carbocycles. The van der Waals surface area contributed by atoms with Gasteiger partial charge in [-0.15, -0.1) is 0 Å². The van der Waals surface area contributed by atoms with Crippen molar-refractivity contribution in [2.75, 3.05) is 13.1 Å². The van der Waals surface area contributed by atoms with Crippen molar-refractivity contribution < 1.29 is 14.6 Å². The molecule has 0 bridgehead atoms. The minimum absolute atomic E-state index is 0.0344. The van der Waals surface area contributed by atoms with E-state index in [0.29, 0.717) is 12.8 Å². The van der Waals surface area contributed by atoms with Crippen LogP contribution in [-0.2, 0) is 10.2 Å². The number of nitrogens with zero attached hydrogens (tertiary/aromatic N) is 1. The van der Waals surface area contributed by atoms with Gasteiger partial charge < -0.3 is 14.7 Å². The Balaban J connectivity index is 1.27. The third kappa shape index (κ3) is 3.73. The lowest BCUT2D eigenvalue weighted by Crippen LogP contribution is -2.61. The molecule has 4 nitrogen and oxygen atoms in total. The number of hydrogen-bond donors (Lipinski definition) is 1. The van der Waals surface area contributed by atoms with Crippen molar-refractivity contribution in [3.63, 3.8) is 0 Å². The molecule has 1 aromatic rings. The molecule has 2 saturated carbocycles. The van der Waals surface area contributed by atoms with Crippen molar-refractivity contribution in [2.45, 2.75) is 76.9 Å². The van der Waals surface area contributed by atoms with Crippen LogP contribution in [0.5, 0.6) is 5.75 Å². The molecule has 3 aliphatic rings. The summed E-state index contributed by atoms with van der Waals surface area (Å²) in [6.07, 6.45) is 4.75. The third-order valence-electron chi connectivity index (χ3n) is 6.77. The highest BCUT2D eigenvalue weighted by molar-refractivity contribution is 5.81. The van der Waals surface area contributed by atoms with Crippen molar-refractivity contribution in [1.29, 1.82) is 0 Å². The van der Waals surface area contributed by atoms with Crippen LogP contribution in [-0.4, -0.2) is 40.7 Å². The van der Waals surface area contributed by atoms with Gasteiger partial charge in [0.2, 0.25) is 5.91 Å². The van der Waals surface area contributed by atoms with Crippen LogP contribution < -0.4 is 4.74 Å². The fourth-order valence-corrected chi connectivity index (χ4v) is 5.12. The van der Waals surface area contributed by atoms with E-state index in [9.17, 15) is 9.90 Å². The Morgan fingerprint density at radius 1 is 1.15 bits per heavy atom. The lowest BCUT2D eigenvalue weighted by molar-refractivity contribution is -0.161. The van der Waals surface area contributed by atoms with Gasteiger partial charge in [-0.25, -0.2) is 0 Å². The molecule has 1 spiro atoms. The van der Waals surface area contributed by atoms with E-state index >= 15 is 0 Å². The van der Waals surface area contributed by atoms with E-state index in [2.05, 4.69) is 45.0 Å². The number of carbonyl (C=O) groups excluding carboxylic acids is 1. The molecule has 4 rings (SSSR count). The predicted molar refractivity (Wildman–Crippen MR) is 106 cm³/mol. The fourth-order valence-electron chi connectivity index (χ4n) is 5.12. The van der Waals surface area contributed by atoms with Crippen LogP contribution in [0.4, 0.5) is 0 Å². The Morgan fingerprint density at radius 2 is 1.78 bits per heavy atom. The number of amides is 1. The highest BCUT2D eigenvalue weighted by atomic mass is 16.5. The average Bonchev–Trinajstić information content (AvgIpc) is 2.94. The highest BCUT2D eigenvalue weighted by Gasteiger charge is 2.53. The molecule has 1 heterocycles. The highest BCUT2D eigenvalue weighted by Crippen LogP contribution is 2.48. The number of likely N-dealkylation sites (tertiary alicyclic amines) is 1. The molecule has 3 fully saturated rings. The van der Waals surface area contributed by atoms with Gasteiger partial charge in [-0.3, -0.25) is 4.79 Å². The van der Waals surface area contributed by atoms with Gasteiger partial charge in [-0.1, -0.05) is 32.9 Å². The maximum absolute atomic E-state index is 12.5. The number of hydrogen-bond acceptors (Lipinski definition) is 3. The van der Waals surface area contributed by atoms with E-state index in [1.807, 2.05) is 11.8 Å². The van der Waals surface area contributed by atoms with E-state index in [1.54, 1.807) is 0 Å². The zero-order valence-corrected chi connectivity index (χ0v) is 17.1. The first-order valence-corrected chi connectivity index (χ1v) is 10.3. The minimum Gasteiger partial charge on any atom is -0.490 e. The van der Waals surface area contributed by atoms with Crippen molar-refractivity contribution in [3.05, 3.63) is 29.8 Å². The number of ether oxygens (including phenoxy) is 1. The first kappa shape index (κ1) is 18.8. The first-order chi connectivity index (χ1) is 12.6. The fraction of sp³-hybridized carbons (Fsp3) is 0.696. The van der Waals surface area contributed by atoms with Gasteiger partial charge in [-0.05, 0) is 62.1 Å². The lowest BCUT2D eigenvalue weighted by Gasteiger charge is -2.51. The largest absolute Gasteiger partial charge is 0.490 e. The SMILES string of the molecule is CC1(O)CC(C(=O)N2CC3(CC[C@@H](Oc4ccc(C(C)(C)C)cc4)C3)C2)C1. The third-order valence-corrected chi connectivity index (χ3v) is 6.77. The molecule has 0 unspecified atom stereocenters. The summed E-state index contributed by atoms with van der Waals surface area (Å²) in [6, 6.07) is 8.50. The van der Waals surface area contributed by atoms with Crippen LogP contribution in [0.15, 0.2) is 24.3 Å². The zero-order chi connectivity index (χ0) is 19.4. The number of carbonyl (C=O) groups is 1. The molecule has 0 radical (unpaired) electrons. The molecular weight excluding hydrogens is 338 g/mol. The minimum atomic E-state index is -0.627. The summed E-state index contributed by atoms with van der Waals surface area (Å²) in [5.41, 5.74) is 1.11. The van der Waals surface area contributed by atoms with Crippen molar-refractivity contribution in [3.8, 4) is 5.75 Å². The molecule has 1 aromatic carbocycles. The maximum Gasteiger partial charge on any atom is 0.225 e. The molecule has 1 N–H and O–H groups in total. The van der Waals surface area contributed by atoms with E-state index in [-0.39, 0.29) is 28.8 Å². The van der Waals surface area contributed by atoms with Crippen LogP contribution in [0.25, 0.3) is 0 Å². The van der Waals surface area contributed by atoms with Crippen molar-refractivity contribution >= 4 is 5.91 Å². The standard InChI is InChI=1S/C23H33NO3/c1-21(2,3)17-5-7-18(8-6-17)27-19-9-10-23(13-19)14-24(15-23)20(25)16-11-22(4,26)12-16/h5-8,16,19,26H,9-15H2,1-4H3/t16?,19-,22?/m1/s1. The van der Waals surface area contributed by atoms with Gasteiger partial charge in [0.15, 0.2) is 0 Å². The smallest absolute Gasteiger partial charge is 0.225 e. The van der Waals surface area contributed by atoms with E-state index in [1.165, 1.54) is 5.56 Å². The second kappa shape index (κ2) is 6.23. The predicted octanol–water partition coefficient (Wildman–Crippen LogP) is 3.91. The molecule has 1 aliphatic heterocycles. The summed E-state index contributed by atoms with van der Waals surface area (Å²) in [4.78, 5) is 14.5. The average molecular weight is 372 g/mol. The van der Waals surface area contributed by atoms with Crippen molar-refractivity contribution in [1.82, 2.24) is 4.90 Å². The number of benzene rings is 1. The Morgan fingerprint density at radius 3 is 2.33 bits per heavy atom. The second-order valence-corrected chi connectivity index (χ2v) is 10.6. The Kier molecular flexibility index (Phi) is 4.34. The summed E-state index contributed by atoms with van der Waals surface area (Å²) in [6.45, 7) is 10.2. The molecule has 148 valence electrons.